The number of methoxy groups -OCH3 is 1. The molecule has 0 aliphatic carbocycles. The number of carbonyl (C=O) groups is 2. The molecule has 1 amide bonds. The number of nitrogens with one attached hydrogen (secondary N) is 2. The largest absolute Gasteiger partial charge is 0.465 e. The molecule has 0 atom stereocenters. The summed E-state index contributed by atoms with van der Waals surface area (Å²) in [7, 11) is 1.34. The van der Waals surface area contributed by atoms with Crippen LogP contribution in [0.2, 0.25) is 0 Å². The highest BCUT2D eigenvalue weighted by atomic mass is 16.5. The molecule has 1 heterocycles. The van der Waals surface area contributed by atoms with Gasteiger partial charge in [-0.1, -0.05) is 13.8 Å². The van der Waals surface area contributed by atoms with Crippen molar-refractivity contribution in [3.63, 3.8) is 0 Å². The Morgan fingerprint density at radius 3 is 2.65 bits per heavy atom. The highest BCUT2D eigenvalue weighted by Gasteiger charge is 2.14. The van der Waals surface area contributed by atoms with Gasteiger partial charge in [-0.05, 0) is 13.0 Å². The van der Waals surface area contributed by atoms with Crippen LogP contribution in [-0.2, 0) is 16.1 Å². The smallest absolute Gasteiger partial charge is 0.341 e. The maximum absolute atomic E-state index is 11.4. The zero-order valence-electron chi connectivity index (χ0n) is 12.4. The fourth-order valence-corrected chi connectivity index (χ4v) is 1.63. The minimum absolute atomic E-state index is 0.00895. The topological polar surface area (TPSA) is 80.6 Å². The number of amides is 1. The van der Waals surface area contributed by atoms with Crippen molar-refractivity contribution in [3.8, 4) is 0 Å². The van der Waals surface area contributed by atoms with Gasteiger partial charge in [0.15, 0.2) is 0 Å². The van der Waals surface area contributed by atoms with Gasteiger partial charge in [-0.2, -0.15) is 0 Å². The number of carbonyl (C=O) groups excluding carboxylic acids is 2. The number of aryl methyl sites for hydroxylation is 1. The molecule has 0 fully saturated rings. The van der Waals surface area contributed by atoms with Gasteiger partial charge in [-0.25, -0.2) is 4.79 Å². The van der Waals surface area contributed by atoms with Gasteiger partial charge in [0.05, 0.1) is 13.7 Å². The lowest BCUT2D eigenvalue weighted by atomic mass is 10.2. The summed E-state index contributed by atoms with van der Waals surface area (Å²) in [6.45, 7) is 7.10. The molecule has 0 radical (unpaired) electrons. The van der Waals surface area contributed by atoms with E-state index in [2.05, 4.69) is 15.4 Å². The first-order chi connectivity index (χ1) is 9.45. The van der Waals surface area contributed by atoms with Gasteiger partial charge < -0.3 is 19.8 Å². The predicted octanol–water partition coefficient (Wildman–Crippen LogP) is 1.24. The molecule has 6 heteroatoms. The fourth-order valence-electron chi connectivity index (χ4n) is 1.63. The first-order valence-corrected chi connectivity index (χ1v) is 6.61. The van der Waals surface area contributed by atoms with Gasteiger partial charge in [0.2, 0.25) is 5.91 Å². The highest BCUT2D eigenvalue weighted by molar-refractivity contribution is 5.90. The highest BCUT2D eigenvalue weighted by Crippen LogP contribution is 2.15. The van der Waals surface area contributed by atoms with Crippen molar-refractivity contribution in [3.05, 3.63) is 23.2 Å². The molecule has 20 heavy (non-hydrogen) atoms. The van der Waals surface area contributed by atoms with Crippen molar-refractivity contribution in [1.29, 1.82) is 0 Å². The second-order valence-electron chi connectivity index (χ2n) is 4.80. The van der Waals surface area contributed by atoms with Crippen LogP contribution in [0.1, 0.15) is 35.7 Å². The zero-order valence-corrected chi connectivity index (χ0v) is 12.4. The van der Waals surface area contributed by atoms with E-state index in [0.717, 1.165) is 0 Å². The lowest BCUT2D eigenvalue weighted by molar-refractivity contribution is -0.123. The molecule has 0 saturated heterocycles. The van der Waals surface area contributed by atoms with Gasteiger partial charge in [0.25, 0.3) is 0 Å². The van der Waals surface area contributed by atoms with E-state index in [9.17, 15) is 9.59 Å². The number of hydrogen-bond donors (Lipinski definition) is 2. The van der Waals surface area contributed by atoms with Crippen LogP contribution >= 0.6 is 0 Å². The Balaban J connectivity index is 2.33. The summed E-state index contributed by atoms with van der Waals surface area (Å²) in [5.74, 6) is 0.834. The molecule has 1 aromatic rings. The Morgan fingerprint density at radius 1 is 1.35 bits per heavy atom. The second kappa shape index (κ2) is 7.69. The summed E-state index contributed by atoms with van der Waals surface area (Å²) in [6, 6.07) is 1.67. The SMILES string of the molecule is COC(=O)c1cc(CNCCNC(=O)C(C)C)oc1C. The predicted molar refractivity (Wildman–Crippen MR) is 74.3 cm³/mol. The Kier molecular flexibility index (Phi) is 6.24. The van der Waals surface area contributed by atoms with Gasteiger partial charge >= 0.3 is 5.97 Å². The Labute approximate surface area is 118 Å². The zero-order chi connectivity index (χ0) is 15.1. The van der Waals surface area contributed by atoms with E-state index < -0.39 is 5.97 Å². The van der Waals surface area contributed by atoms with E-state index in [1.165, 1.54) is 7.11 Å². The van der Waals surface area contributed by atoms with Crippen molar-refractivity contribution in [2.75, 3.05) is 20.2 Å². The van der Waals surface area contributed by atoms with E-state index in [1.54, 1.807) is 13.0 Å². The minimum atomic E-state index is -0.401. The Hall–Kier alpha value is -1.82. The third kappa shape index (κ3) is 4.70. The van der Waals surface area contributed by atoms with Crippen molar-refractivity contribution < 1.29 is 18.7 Å². The quantitative estimate of drug-likeness (QED) is 0.581. The molecule has 0 saturated carbocycles. The Morgan fingerprint density at radius 2 is 2.05 bits per heavy atom. The normalized spacial score (nSPS) is 10.7. The molecular weight excluding hydrogens is 260 g/mol. The summed E-state index contributed by atoms with van der Waals surface area (Å²) in [6.07, 6.45) is 0. The van der Waals surface area contributed by atoms with Crippen molar-refractivity contribution in [2.45, 2.75) is 27.3 Å². The standard InChI is InChI=1S/C14H22N2O4/c1-9(2)13(17)16-6-5-15-8-11-7-12(10(3)20-11)14(18)19-4/h7,9,15H,5-6,8H2,1-4H3,(H,16,17). The fraction of sp³-hybridized carbons (Fsp3) is 0.571. The lowest BCUT2D eigenvalue weighted by Crippen LogP contribution is -2.34. The monoisotopic (exact) mass is 282 g/mol. The first-order valence-electron chi connectivity index (χ1n) is 6.61. The number of furan rings is 1. The van der Waals surface area contributed by atoms with Crippen molar-refractivity contribution >= 4 is 11.9 Å². The molecule has 0 aliphatic rings. The molecule has 0 aromatic carbocycles. The molecule has 1 aromatic heterocycles. The second-order valence-corrected chi connectivity index (χ2v) is 4.80. The Bertz CT molecular complexity index is 466. The summed E-state index contributed by atoms with van der Waals surface area (Å²) >= 11 is 0. The molecule has 0 unspecified atom stereocenters. The van der Waals surface area contributed by atoms with Crippen LogP contribution in [0.5, 0.6) is 0 Å². The van der Waals surface area contributed by atoms with Gasteiger partial charge in [-0.3, -0.25) is 4.79 Å². The number of rotatable bonds is 7. The molecule has 2 N–H and O–H groups in total. The van der Waals surface area contributed by atoms with E-state index >= 15 is 0 Å². The molecule has 0 bridgehead atoms. The minimum Gasteiger partial charge on any atom is -0.465 e. The van der Waals surface area contributed by atoms with Gasteiger partial charge in [-0.15, -0.1) is 0 Å². The number of ether oxygens (including phenoxy) is 1. The van der Waals surface area contributed by atoms with Gasteiger partial charge in [0.1, 0.15) is 17.1 Å². The number of esters is 1. The van der Waals surface area contributed by atoms with Crippen LogP contribution in [0.15, 0.2) is 10.5 Å². The van der Waals surface area contributed by atoms with Crippen LogP contribution in [-0.4, -0.2) is 32.1 Å². The van der Waals surface area contributed by atoms with Crippen LogP contribution in [0.25, 0.3) is 0 Å². The third-order valence-electron chi connectivity index (χ3n) is 2.80. The van der Waals surface area contributed by atoms with Crippen LogP contribution < -0.4 is 10.6 Å². The van der Waals surface area contributed by atoms with E-state index in [4.69, 9.17) is 4.42 Å². The van der Waals surface area contributed by atoms with Gasteiger partial charge in [0, 0.05) is 19.0 Å². The molecule has 0 aliphatic heterocycles. The van der Waals surface area contributed by atoms with E-state index in [-0.39, 0.29) is 11.8 Å². The molecule has 112 valence electrons. The van der Waals surface area contributed by atoms with Crippen molar-refractivity contribution in [2.24, 2.45) is 5.92 Å². The average molecular weight is 282 g/mol. The average Bonchev–Trinajstić information content (AvgIpc) is 2.78. The van der Waals surface area contributed by atoms with Crippen molar-refractivity contribution in [1.82, 2.24) is 10.6 Å². The summed E-state index contributed by atoms with van der Waals surface area (Å²) < 4.78 is 10.1. The van der Waals surface area contributed by atoms with Crippen LogP contribution in [0.4, 0.5) is 0 Å². The summed E-state index contributed by atoms with van der Waals surface area (Å²) in [4.78, 5) is 22.7. The molecule has 0 spiro atoms. The molecule has 6 nitrogen and oxygen atoms in total. The summed E-state index contributed by atoms with van der Waals surface area (Å²) in [5.41, 5.74) is 0.442. The summed E-state index contributed by atoms with van der Waals surface area (Å²) in [5, 5.41) is 5.94. The lowest BCUT2D eigenvalue weighted by Gasteiger charge is -2.07. The number of hydrogen-bond acceptors (Lipinski definition) is 5. The van der Waals surface area contributed by atoms with E-state index in [1.807, 2.05) is 13.8 Å². The van der Waals surface area contributed by atoms with Crippen LogP contribution in [0.3, 0.4) is 0 Å². The first kappa shape index (κ1) is 16.2. The molecule has 1 rings (SSSR count). The van der Waals surface area contributed by atoms with E-state index in [0.29, 0.717) is 36.7 Å². The molecular formula is C14H22N2O4. The third-order valence-corrected chi connectivity index (χ3v) is 2.80. The maximum Gasteiger partial charge on any atom is 0.341 e. The maximum atomic E-state index is 11.4. The van der Waals surface area contributed by atoms with Crippen LogP contribution in [0, 0.1) is 12.8 Å².